The number of rotatable bonds is 7. The van der Waals surface area contributed by atoms with Crippen LogP contribution >= 0.6 is 11.6 Å². The number of benzene rings is 1. The van der Waals surface area contributed by atoms with E-state index in [0.29, 0.717) is 18.1 Å². The summed E-state index contributed by atoms with van der Waals surface area (Å²) in [4.78, 5) is 12.2. The largest absolute Gasteiger partial charge is 0.464 e. The molecule has 0 amide bonds. The summed E-state index contributed by atoms with van der Waals surface area (Å²) in [7, 11) is 1.56. The van der Waals surface area contributed by atoms with Gasteiger partial charge in [-0.2, -0.15) is 0 Å². The number of halogens is 1. The van der Waals surface area contributed by atoms with Gasteiger partial charge in [0.25, 0.3) is 0 Å². The summed E-state index contributed by atoms with van der Waals surface area (Å²) in [5.41, 5.74) is -0.0742. The van der Waals surface area contributed by atoms with Gasteiger partial charge in [0.1, 0.15) is 0 Å². The molecule has 1 rings (SSSR count). The van der Waals surface area contributed by atoms with E-state index in [1.807, 2.05) is 19.1 Å². The number of hydrogen-bond donors (Lipinski definition) is 1. The van der Waals surface area contributed by atoms with Crippen LogP contribution in [0.2, 0.25) is 5.02 Å². The number of hydrogen-bond acceptors (Lipinski definition) is 4. The molecule has 0 heterocycles. The van der Waals surface area contributed by atoms with Crippen molar-refractivity contribution in [3.05, 3.63) is 29.3 Å². The van der Waals surface area contributed by atoms with E-state index < -0.39 is 5.54 Å². The fourth-order valence-corrected chi connectivity index (χ4v) is 1.93. The van der Waals surface area contributed by atoms with Gasteiger partial charge in [0.05, 0.1) is 13.2 Å². The summed E-state index contributed by atoms with van der Waals surface area (Å²) in [6.07, 6.45) is 0.558. The second-order valence-electron chi connectivity index (χ2n) is 4.22. The van der Waals surface area contributed by atoms with Gasteiger partial charge in [-0.05, 0) is 37.6 Å². The molecule has 0 aromatic heterocycles. The average Bonchev–Trinajstić information content (AvgIpc) is 2.41. The van der Waals surface area contributed by atoms with Crippen molar-refractivity contribution in [2.24, 2.45) is 0 Å². The first-order chi connectivity index (χ1) is 9.07. The molecule has 0 aliphatic heterocycles. The third kappa shape index (κ3) is 4.11. The standard InChI is InChI=1S/C14H20ClNO3/c1-4-14(10-18-3,13(17)19-5-2)16-12-8-6-11(15)7-9-12/h6-9,16H,4-5,10H2,1-3H3. The molecule has 5 heteroatoms. The maximum Gasteiger partial charge on any atom is 0.334 e. The Bertz CT molecular complexity index is 408. The predicted molar refractivity (Wildman–Crippen MR) is 76.6 cm³/mol. The number of esters is 1. The van der Waals surface area contributed by atoms with Crippen molar-refractivity contribution < 1.29 is 14.3 Å². The lowest BCUT2D eigenvalue weighted by Gasteiger charge is -2.31. The van der Waals surface area contributed by atoms with Crippen LogP contribution in [0.4, 0.5) is 5.69 Å². The third-order valence-electron chi connectivity index (χ3n) is 2.89. The molecule has 0 radical (unpaired) electrons. The lowest BCUT2D eigenvalue weighted by atomic mass is 9.96. The molecule has 0 aliphatic rings. The third-order valence-corrected chi connectivity index (χ3v) is 3.14. The molecule has 0 saturated carbocycles. The van der Waals surface area contributed by atoms with Crippen LogP contribution in [0.15, 0.2) is 24.3 Å². The van der Waals surface area contributed by atoms with Crippen molar-refractivity contribution in [1.29, 1.82) is 0 Å². The van der Waals surface area contributed by atoms with Gasteiger partial charge in [-0.25, -0.2) is 4.79 Å². The first kappa shape index (κ1) is 15.8. The molecule has 4 nitrogen and oxygen atoms in total. The zero-order valence-electron chi connectivity index (χ0n) is 11.5. The van der Waals surface area contributed by atoms with Gasteiger partial charge < -0.3 is 14.8 Å². The minimum Gasteiger partial charge on any atom is -0.464 e. The van der Waals surface area contributed by atoms with Crippen LogP contribution in [0.3, 0.4) is 0 Å². The van der Waals surface area contributed by atoms with E-state index in [1.54, 1.807) is 26.2 Å². The minimum absolute atomic E-state index is 0.241. The van der Waals surface area contributed by atoms with Gasteiger partial charge in [-0.15, -0.1) is 0 Å². The lowest BCUT2D eigenvalue weighted by molar-refractivity contribution is -0.150. The second-order valence-corrected chi connectivity index (χ2v) is 4.66. The second kappa shape index (κ2) is 7.36. The molecular weight excluding hydrogens is 266 g/mol. The average molecular weight is 286 g/mol. The van der Waals surface area contributed by atoms with Crippen LogP contribution in [-0.4, -0.2) is 31.8 Å². The highest BCUT2D eigenvalue weighted by molar-refractivity contribution is 6.30. The smallest absolute Gasteiger partial charge is 0.334 e. The van der Waals surface area contributed by atoms with Crippen molar-refractivity contribution in [3.8, 4) is 0 Å². The molecule has 0 bridgehead atoms. The maximum atomic E-state index is 12.2. The van der Waals surface area contributed by atoms with E-state index >= 15 is 0 Å². The number of carbonyl (C=O) groups is 1. The quantitative estimate of drug-likeness (QED) is 0.782. The Morgan fingerprint density at radius 1 is 1.32 bits per heavy atom. The molecule has 1 atom stereocenters. The molecule has 19 heavy (non-hydrogen) atoms. The molecule has 0 fully saturated rings. The van der Waals surface area contributed by atoms with Gasteiger partial charge >= 0.3 is 5.97 Å². The van der Waals surface area contributed by atoms with Crippen molar-refractivity contribution in [2.75, 3.05) is 25.6 Å². The van der Waals surface area contributed by atoms with Gasteiger partial charge in [0, 0.05) is 17.8 Å². The molecule has 1 aromatic rings. The zero-order chi connectivity index (χ0) is 14.3. The number of carbonyl (C=O) groups excluding carboxylic acids is 1. The topological polar surface area (TPSA) is 47.6 Å². The first-order valence-electron chi connectivity index (χ1n) is 6.28. The van der Waals surface area contributed by atoms with E-state index in [-0.39, 0.29) is 12.6 Å². The van der Waals surface area contributed by atoms with Crippen LogP contribution in [0.5, 0.6) is 0 Å². The van der Waals surface area contributed by atoms with Gasteiger partial charge in [0.15, 0.2) is 5.54 Å². The van der Waals surface area contributed by atoms with E-state index in [4.69, 9.17) is 21.1 Å². The molecular formula is C14H20ClNO3. The van der Waals surface area contributed by atoms with Crippen molar-refractivity contribution in [2.45, 2.75) is 25.8 Å². The number of methoxy groups -OCH3 is 1. The molecule has 0 spiro atoms. The molecule has 1 unspecified atom stereocenters. The molecule has 106 valence electrons. The SMILES string of the molecule is CCOC(=O)C(CC)(COC)Nc1ccc(Cl)cc1. The number of anilines is 1. The fraction of sp³-hybridized carbons (Fsp3) is 0.500. The molecule has 1 N–H and O–H groups in total. The number of ether oxygens (including phenoxy) is 2. The summed E-state index contributed by atoms with van der Waals surface area (Å²) in [5.74, 6) is -0.311. The van der Waals surface area contributed by atoms with Crippen LogP contribution < -0.4 is 5.32 Å². The minimum atomic E-state index is -0.876. The highest BCUT2D eigenvalue weighted by atomic mass is 35.5. The zero-order valence-corrected chi connectivity index (χ0v) is 12.3. The lowest BCUT2D eigenvalue weighted by Crippen LogP contribution is -2.50. The first-order valence-corrected chi connectivity index (χ1v) is 6.65. The van der Waals surface area contributed by atoms with E-state index in [9.17, 15) is 4.79 Å². The van der Waals surface area contributed by atoms with Gasteiger partial charge in [-0.3, -0.25) is 0 Å². The summed E-state index contributed by atoms with van der Waals surface area (Å²) in [5, 5.41) is 3.85. The predicted octanol–water partition coefficient (Wildman–Crippen LogP) is 3.11. The Hall–Kier alpha value is -1.26. The molecule has 0 aliphatic carbocycles. The van der Waals surface area contributed by atoms with Crippen LogP contribution in [-0.2, 0) is 14.3 Å². The van der Waals surface area contributed by atoms with E-state index in [0.717, 1.165) is 5.69 Å². The van der Waals surface area contributed by atoms with Crippen LogP contribution in [0.1, 0.15) is 20.3 Å². The maximum absolute atomic E-state index is 12.2. The number of nitrogens with one attached hydrogen (secondary N) is 1. The monoisotopic (exact) mass is 285 g/mol. The summed E-state index contributed by atoms with van der Waals surface area (Å²) in [6, 6.07) is 7.17. The van der Waals surface area contributed by atoms with E-state index in [1.165, 1.54) is 0 Å². The van der Waals surface area contributed by atoms with Crippen molar-refractivity contribution in [3.63, 3.8) is 0 Å². The van der Waals surface area contributed by atoms with E-state index in [2.05, 4.69) is 5.32 Å². The summed E-state index contributed by atoms with van der Waals surface area (Å²) < 4.78 is 10.3. The summed E-state index contributed by atoms with van der Waals surface area (Å²) in [6.45, 7) is 4.28. The molecule has 1 aromatic carbocycles. The Labute approximate surface area is 119 Å². The fourth-order valence-electron chi connectivity index (χ4n) is 1.81. The Balaban J connectivity index is 2.95. The summed E-state index contributed by atoms with van der Waals surface area (Å²) >= 11 is 5.85. The van der Waals surface area contributed by atoms with Gasteiger partial charge in [-0.1, -0.05) is 18.5 Å². The van der Waals surface area contributed by atoms with Gasteiger partial charge in [0.2, 0.25) is 0 Å². The van der Waals surface area contributed by atoms with Crippen molar-refractivity contribution >= 4 is 23.3 Å². The highest BCUT2D eigenvalue weighted by Crippen LogP contribution is 2.22. The Kier molecular flexibility index (Phi) is 6.12. The highest BCUT2D eigenvalue weighted by Gasteiger charge is 2.38. The van der Waals surface area contributed by atoms with Crippen LogP contribution in [0.25, 0.3) is 0 Å². The Morgan fingerprint density at radius 3 is 2.42 bits per heavy atom. The Morgan fingerprint density at radius 2 is 1.95 bits per heavy atom. The van der Waals surface area contributed by atoms with Crippen molar-refractivity contribution in [1.82, 2.24) is 0 Å². The normalized spacial score (nSPS) is 13.7. The molecule has 0 saturated heterocycles. The van der Waals surface area contributed by atoms with Crippen LogP contribution in [0, 0.1) is 0 Å².